The fourth-order valence-corrected chi connectivity index (χ4v) is 0.405. The SMILES string of the molecule is COC(=O)NC(CCl)=NN. The van der Waals surface area contributed by atoms with Crippen molar-refractivity contribution in [3.63, 3.8) is 0 Å². The highest BCUT2D eigenvalue weighted by atomic mass is 35.5. The van der Waals surface area contributed by atoms with Crippen LogP contribution in [0.5, 0.6) is 0 Å². The molecule has 1 amide bonds. The second-order valence-corrected chi connectivity index (χ2v) is 1.59. The number of methoxy groups -OCH3 is 1. The highest BCUT2D eigenvalue weighted by Crippen LogP contribution is 1.78. The molecule has 0 aromatic rings. The standard InChI is InChI=1S/C4H8ClN3O2/c1-10-4(9)7-3(2-5)8-6/h2,6H2,1H3,(H,7,8,9). The lowest BCUT2D eigenvalue weighted by Crippen LogP contribution is -2.32. The van der Waals surface area contributed by atoms with E-state index >= 15 is 0 Å². The fraction of sp³-hybridized carbons (Fsp3) is 0.500. The Kier molecular flexibility index (Phi) is 4.39. The van der Waals surface area contributed by atoms with Crippen LogP contribution in [0, 0.1) is 0 Å². The van der Waals surface area contributed by atoms with Gasteiger partial charge in [0, 0.05) is 0 Å². The van der Waals surface area contributed by atoms with Crippen molar-refractivity contribution in [3.8, 4) is 0 Å². The first-order valence-corrected chi connectivity index (χ1v) is 2.95. The maximum atomic E-state index is 10.4. The number of alkyl carbamates (subject to hydrolysis) is 1. The Bertz CT molecular complexity index is 147. The lowest BCUT2D eigenvalue weighted by Gasteiger charge is -2.01. The summed E-state index contributed by atoms with van der Waals surface area (Å²) in [6.45, 7) is 0. The van der Waals surface area contributed by atoms with Gasteiger partial charge in [0.2, 0.25) is 0 Å². The number of carbonyl (C=O) groups is 1. The second-order valence-electron chi connectivity index (χ2n) is 1.33. The van der Waals surface area contributed by atoms with Gasteiger partial charge in [0.05, 0.1) is 13.0 Å². The third-order valence-electron chi connectivity index (χ3n) is 0.714. The van der Waals surface area contributed by atoms with Gasteiger partial charge in [0.15, 0.2) is 0 Å². The van der Waals surface area contributed by atoms with E-state index in [1.54, 1.807) is 0 Å². The molecule has 6 heteroatoms. The Labute approximate surface area is 63.2 Å². The molecule has 0 atom stereocenters. The topological polar surface area (TPSA) is 76.7 Å². The number of halogens is 1. The van der Waals surface area contributed by atoms with Gasteiger partial charge in [-0.15, -0.1) is 11.6 Å². The third-order valence-corrected chi connectivity index (χ3v) is 0.967. The molecule has 0 aliphatic heterocycles. The van der Waals surface area contributed by atoms with Gasteiger partial charge < -0.3 is 10.6 Å². The number of hydrogen-bond acceptors (Lipinski definition) is 4. The molecule has 0 spiro atoms. The summed E-state index contributed by atoms with van der Waals surface area (Å²) in [6, 6.07) is 0. The summed E-state index contributed by atoms with van der Waals surface area (Å²) in [6.07, 6.45) is -0.634. The first kappa shape index (κ1) is 9.03. The maximum absolute atomic E-state index is 10.4. The number of rotatable bonds is 1. The smallest absolute Gasteiger partial charge is 0.412 e. The molecule has 0 aromatic carbocycles. The number of alkyl halides is 1. The van der Waals surface area contributed by atoms with Crippen LogP contribution in [0.4, 0.5) is 4.79 Å². The van der Waals surface area contributed by atoms with E-state index in [2.05, 4.69) is 15.2 Å². The van der Waals surface area contributed by atoms with Gasteiger partial charge in [0.25, 0.3) is 0 Å². The van der Waals surface area contributed by atoms with Crippen LogP contribution in [0.3, 0.4) is 0 Å². The van der Waals surface area contributed by atoms with Crippen LogP contribution < -0.4 is 11.2 Å². The van der Waals surface area contributed by atoms with Gasteiger partial charge in [-0.05, 0) is 0 Å². The molecule has 10 heavy (non-hydrogen) atoms. The van der Waals surface area contributed by atoms with Gasteiger partial charge in [-0.25, -0.2) is 4.79 Å². The Morgan fingerprint density at radius 1 is 1.90 bits per heavy atom. The molecule has 0 fully saturated rings. The van der Waals surface area contributed by atoms with Crippen LogP contribution in [0.25, 0.3) is 0 Å². The molecular formula is C4H8ClN3O2. The summed E-state index contributed by atoms with van der Waals surface area (Å²) in [5.74, 6) is 5.04. The number of nitrogens with two attached hydrogens (primary N) is 1. The minimum absolute atomic E-state index is 0.0472. The van der Waals surface area contributed by atoms with E-state index in [4.69, 9.17) is 17.4 Å². The van der Waals surface area contributed by atoms with Crippen molar-refractivity contribution in [2.75, 3.05) is 13.0 Å². The van der Waals surface area contributed by atoms with E-state index in [-0.39, 0.29) is 11.7 Å². The average Bonchev–Trinajstić information content (AvgIpc) is 1.99. The molecule has 0 unspecified atom stereocenters. The Morgan fingerprint density at radius 3 is 2.80 bits per heavy atom. The molecular weight excluding hydrogens is 158 g/mol. The minimum Gasteiger partial charge on any atom is -0.453 e. The number of amides is 1. The van der Waals surface area contributed by atoms with E-state index in [9.17, 15) is 4.79 Å². The second kappa shape index (κ2) is 4.87. The van der Waals surface area contributed by atoms with Crippen molar-refractivity contribution in [1.82, 2.24) is 5.32 Å². The zero-order valence-electron chi connectivity index (χ0n) is 5.43. The van der Waals surface area contributed by atoms with E-state index < -0.39 is 6.09 Å². The predicted octanol–water partition coefficient (Wildman–Crippen LogP) is -0.147. The zero-order valence-corrected chi connectivity index (χ0v) is 6.18. The van der Waals surface area contributed by atoms with Gasteiger partial charge >= 0.3 is 6.09 Å². The predicted molar refractivity (Wildman–Crippen MR) is 37.9 cm³/mol. The third kappa shape index (κ3) is 3.13. The Morgan fingerprint density at radius 2 is 2.50 bits per heavy atom. The maximum Gasteiger partial charge on any atom is 0.412 e. The Hall–Kier alpha value is -0.970. The van der Waals surface area contributed by atoms with Crippen LogP contribution in [-0.2, 0) is 4.74 Å². The quantitative estimate of drug-likeness (QED) is 0.187. The van der Waals surface area contributed by atoms with Crippen LogP contribution in [0.2, 0.25) is 0 Å². The molecule has 3 N–H and O–H groups in total. The van der Waals surface area contributed by atoms with Crippen LogP contribution >= 0.6 is 11.6 Å². The van der Waals surface area contributed by atoms with Crippen molar-refractivity contribution >= 4 is 23.5 Å². The molecule has 0 aromatic heterocycles. The lowest BCUT2D eigenvalue weighted by molar-refractivity contribution is 0.176. The van der Waals surface area contributed by atoms with Gasteiger partial charge in [-0.3, -0.25) is 5.32 Å². The summed E-state index contributed by atoms with van der Waals surface area (Å²) >= 11 is 5.29. The molecule has 0 aliphatic carbocycles. The molecule has 5 nitrogen and oxygen atoms in total. The van der Waals surface area contributed by atoms with Crippen LogP contribution in [0.1, 0.15) is 0 Å². The van der Waals surface area contributed by atoms with E-state index in [1.807, 2.05) is 0 Å². The molecule has 0 aliphatic rings. The number of amidine groups is 1. The number of hydrogen-bond donors (Lipinski definition) is 2. The first-order valence-electron chi connectivity index (χ1n) is 2.42. The summed E-state index contributed by atoms with van der Waals surface area (Å²) in [7, 11) is 1.23. The molecule has 0 rings (SSSR count). The molecule has 0 saturated heterocycles. The van der Waals surface area contributed by atoms with Crippen molar-refractivity contribution < 1.29 is 9.53 Å². The molecule has 0 saturated carbocycles. The van der Waals surface area contributed by atoms with Gasteiger partial charge in [-0.1, -0.05) is 0 Å². The largest absolute Gasteiger partial charge is 0.453 e. The van der Waals surface area contributed by atoms with Crippen molar-refractivity contribution in [2.24, 2.45) is 10.9 Å². The van der Waals surface area contributed by atoms with Crippen molar-refractivity contribution in [2.45, 2.75) is 0 Å². The van der Waals surface area contributed by atoms with Crippen LogP contribution in [-0.4, -0.2) is 24.9 Å². The molecule has 58 valence electrons. The fourth-order valence-electron chi connectivity index (χ4n) is 0.269. The van der Waals surface area contributed by atoms with E-state index in [0.29, 0.717) is 0 Å². The van der Waals surface area contributed by atoms with E-state index in [1.165, 1.54) is 7.11 Å². The molecule has 0 heterocycles. The summed E-state index contributed by atoms with van der Waals surface area (Å²) in [5.41, 5.74) is 0. The van der Waals surface area contributed by atoms with Gasteiger partial charge in [0.1, 0.15) is 5.84 Å². The number of nitrogens with zero attached hydrogens (tertiary/aromatic N) is 1. The van der Waals surface area contributed by atoms with Crippen molar-refractivity contribution in [3.05, 3.63) is 0 Å². The first-order chi connectivity index (χ1) is 4.74. The number of nitrogens with one attached hydrogen (secondary N) is 1. The summed E-state index contributed by atoms with van der Waals surface area (Å²) in [4.78, 5) is 10.4. The zero-order chi connectivity index (χ0) is 7.98. The minimum atomic E-state index is -0.634. The van der Waals surface area contributed by atoms with Crippen LogP contribution in [0.15, 0.2) is 5.10 Å². The van der Waals surface area contributed by atoms with Crippen molar-refractivity contribution in [1.29, 1.82) is 0 Å². The summed E-state index contributed by atoms with van der Waals surface area (Å²) < 4.78 is 4.24. The number of hydrazone groups is 1. The number of carbonyl (C=O) groups excluding carboxylic acids is 1. The monoisotopic (exact) mass is 165 g/mol. The highest BCUT2D eigenvalue weighted by molar-refractivity contribution is 6.29. The average molecular weight is 166 g/mol. The lowest BCUT2D eigenvalue weighted by atomic mass is 10.7. The van der Waals surface area contributed by atoms with E-state index in [0.717, 1.165) is 0 Å². The molecule has 0 bridgehead atoms. The molecule has 0 radical (unpaired) electrons. The van der Waals surface area contributed by atoms with Gasteiger partial charge in [-0.2, -0.15) is 5.10 Å². The Balaban J connectivity index is 3.76. The highest BCUT2D eigenvalue weighted by Gasteiger charge is 2.01. The number of ether oxygens (including phenoxy) is 1. The normalized spacial score (nSPS) is 10.8. The summed E-state index contributed by atoms with van der Waals surface area (Å²) in [5, 5.41) is 5.37.